The number of guanidine groups is 1. The molecule has 0 spiro atoms. The van der Waals surface area contributed by atoms with Gasteiger partial charge in [0.25, 0.3) is 5.91 Å². The highest BCUT2D eigenvalue weighted by atomic mass is 127. The Kier molecular flexibility index (Phi) is 13.3. The number of aliphatic imine (C=N–C) groups is 1. The fraction of sp³-hybridized carbons (Fsp3) is 0.500. The van der Waals surface area contributed by atoms with Gasteiger partial charge in [-0.1, -0.05) is 38.3 Å². The highest BCUT2D eigenvalue weighted by Crippen LogP contribution is 2.04. The molecule has 0 aliphatic rings. The maximum Gasteiger partial charge on any atom is 0.251 e. The average Bonchev–Trinajstić information content (AvgIpc) is 2.62. The monoisotopic (exact) mass is 475 g/mol. The second kappa shape index (κ2) is 14.3. The second-order valence-electron chi connectivity index (χ2n) is 5.76. The van der Waals surface area contributed by atoms with Gasteiger partial charge < -0.3 is 21.7 Å². The molecule has 1 rings (SSSR count). The lowest BCUT2D eigenvalue weighted by Crippen LogP contribution is -2.37. The zero-order valence-electron chi connectivity index (χ0n) is 15.5. The van der Waals surface area contributed by atoms with Crippen LogP contribution in [0.25, 0.3) is 0 Å². The van der Waals surface area contributed by atoms with Gasteiger partial charge in [-0.05, 0) is 24.1 Å². The first-order valence-corrected chi connectivity index (χ1v) is 8.66. The molecule has 8 heteroatoms. The van der Waals surface area contributed by atoms with Gasteiger partial charge in [0.1, 0.15) is 0 Å². The van der Waals surface area contributed by atoms with E-state index in [-0.39, 0.29) is 36.4 Å². The molecule has 7 nitrogen and oxygen atoms in total. The van der Waals surface area contributed by atoms with E-state index in [0.29, 0.717) is 12.1 Å². The standard InChI is InChI=1S/C18H29N5O2.HI/c1-3-4-5-6-11-21-18(20-2)23-12-14-7-9-15(10-8-14)17(25)22-13-16(19)24;/h7-10H,3-6,11-13H2,1-2H3,(H2,19,24)(H,22,25)(H2,20,21,23);1H. The van der Waals surface area contributed by atoms with Gasteiger partial charge in [-0.15, -0.1) is 24.0 Å². The summed E-state index contributed by atoms with van der Waals surface area (Å²) < 4.78 is 0. The summed E-state index contributed by atoms with van der Waals surface area (Å²) in [6, 6.07) is 7.16. The number of nitrogens with one attached hydrogen (secondary N) is 3. The minimum Gasteiger partial charge on any atom is -0.368 e. The van der Waals surface area contributed by atoms with E-state index < -0.39 is 5.91 Å². The van der Waals surface area contributed by atoms with E-state index >= 15 is 0 Å². The van der Waals surface area contributed by atoms with Crippen molar-refractivity contribution in [1.29, 1.82) is 0 Å². The number of hydrogen-bond donors (Lipinski definition) is 4. The van der Waals surface area contributed by atoms with Gasteiger partial charge in [-0.25, -0.2) is 0 Å². The summed E-state index contributed by atoms with van der Waals surface area (Å²) in [7, 11) is 1.74. The van der Waals surface area contributed by atoms with Gasteiger partial charge in [0.2, 0.25) is 5.91 Å². The van der Waals surface area contributed by atoms with Crippen molar-refractivity contribution in [2.24, 2.45) is 10.7 Å². The number of benzene rings is 1. The van der Waals surface area contributed by atoms with Crippen LogP contribution < -0.4 is 21.7 Å². The number of carbonyl (C=O) groups excluding carboxylic acids is 2. The molecule has 0 atom stereocenters. The Balaban J connectivity index is 0.00000625. The summed E-state index contributed by atoms with van der Waals surface area (Å²) >= 11 is 0. The van der Waals surface area contributed by atoms with Gasteiger partial charge in [0, 0.05) is 25.7 Å². The lowest BCUT2D eigenvalue weighted by atomic mass is 10.1. The Morgan fingerprint density at radius 3 is 2.31 bits per heavy atom. The van der Waals surface area contributed by atoms with Crippen molar-refractivity contribution in [2.45, 2.75) is 39.2 Å². The molecule has 0 radical (unpaired) electrons. The first kappa shape index (κ1) is 24.2. The van der Waals surface area contributed by atoms with E-state index in [1.807, 2.05) is 12.1 Å². The normalized spacial score (nSPS) is 10.6. The molecular weight excluding hydrogens is 445 g/mol. The highest BCUT2D eigenvalue weighted by Gasteiger charge is 2.06. The highest BCUT2D eigenvalue weighted by molar-refractivity contribution is 14.0. The molecule has 1 aromatic rings. The zero-order chi connectivity index (χ0) is 18.5. The fourth-order valence-electron chi connectivity index (χ4n) is 2.21. The molecule has 0 aromatic heterocycles. The van der Waals surface area contributed by atoms with E-state index in [4.69, 9.17) is 5.73 Å². The van der Waals surface area contributed by atoms with Crippen molar-refractivity contribution in [3.63, 3.8) is 0 Å². The number of nitrogens with two attached hydrogens (primary N) is 1. The zero-order valence-corrected chi connectivity index (χ0v) is 17.8. The molecule has 2 amide bonds. The number of rotatable bonds is 10. The van der Waals surface area contributed by atoms with Gasteiger partial charge in [0.05, 0.1) is 6.54 Å². The van der Waals surface area contributed by atoms with Crippen LogP contribution in [-0.4, -0.2) is 37.9 Å². The molecule has 0 fully saturated rings. The Morgan fingerprint density at radius 1 is 1.04 bits per heavy atom. The number of hydrogen-bond acceptors (Lipinski definition) is 3. The minimum atomic E-state index is -0.567. The van der Waals surface area contributed by atoms with E-state index in [0.717, 1.165) is 24.5 Å². The van der Waals surface area contributed by atoms with Gasteiger partial charge in [-0.2, -0.15) is 0 Å². The smallest absolute Gasteiger partial charge is 0.251 e. The molecule has 0 saturated heterocycles. The van der Waals surface area contributed by atoms with E-state index in [2.05, 4.69) is 27.9 Å². The summed E-state index contributed by atoms with van der Waals surface area (Å²) in [4.78, 5) is 26.7. The SMILES string of the molecule is CCCCCCNC(=NC)NCc1ccc(C(=O)NCC(N)=O)cc1.I. The van der Waals surface area contributed by atoms with Crippen LogP contribution in [0.15, 0.2) is 29.3 Å². The summed E-state index contributed by atoms with van der Waals surface area (Å²) in [6.45, 7) is 3.54. The number of nitrogens with zero attached hydrogens (tertiary/aromatic N) is 1. The number of primary amides is 1. The first-order chi connectivity index (χ1) is 12.1. The van der Waals surface area contributed by atoms with Crippen molar-refractivity contribution in [2.75, 3.05) is 20.1 Å². The van der Waals surface area contributed by atoms with Crippen LogP contribution in [0.2, 0.25) is 0 Å². The van der Waals surface area contributed by atoms with Crippen LogP contribution in [0.4, 0.5) is 0 Å². The van der Waals surface area contributed by atoms with Crippen LogP contribution in [-0.2, 0) is 11.3 Å². The fourth-order valence-corrected chi connectivity index (χ4v) is 2.21. The predicted molar refractivity (Wildman–Crippen MR) is 116 cm³/mol. The molecule has 0 bridgehead atoms. The van der Waals surface area contributed by atoms with Crippen molar-refractivity contribution in [1.82, 2.24) is 16.0 Å². The average molecular weight is 475 g/mol. The van der Waals surface area contributed by atoms with Crippen LogP contribution in [0.1, 0.15) is 48.5 Å². The van der Waals surface area contributed by atoms with Gasteiger partial charge in [-0.3, -0.25) is 14.6 Å². The third kappa shape index (κ3) is 10.2. The lowest BCUT2D eigenvalue weighted by molar-refractivity contribution is -0.117. The van der Waals surface area contributed by atoms with E-state index in [1.54, 1.807) is 19.2 Å². The van der Waals surface area contributed by atoms with Crippen LogP contribution >= 0.6 is 24.0 Å². The van der Waals surface area contributed by atoms with Gasteiger partial charge >= 0.3 is 0 Å². The van der Waals surface area contributed by atoms with Crippen LogP contribution in [0.3, 0.4) is 0 Å². The van der Waals surface area contributed by atoms with Crippen LogP contribution in [0, 0.1) is 0 Å². The molecule has 0 unspecified atom stereocenters. The molecule has 0 aliphatic carbocycles. The number of amides is 2. The Labute approximate surface area is 172 Å². The van der Waals surface area contributed by atoms with E-state index in [9.17, 15) is 9.59 Å². The predicted octanol–water partition coefficient (Wildman–Crippen LogP) is 1.77. The maximum absolute atomic E-state index is 11.8. The number of carbonyl (C=O) groups is 2. The minimum absolute atomic E-state index is 0. The van der Waals surface area contributed by atoms with Crippen molar-refractivity contribution in [3.05, 3.63) is 35.4 Å². The Bertz CT molecular complexity index is 575. The van der Waals surface area contributed by atoms with Crippen molar-refractivity contribution in [3.8, 4) is 0 Å². The van der Waals surface area contributed by atoms with Gasteiger partial charge in [0.15, 0.2) is 5.96 Å². The van der Waals surface area contributed by atoms with Crippen LogP contribution in [0.5, 0.6) is 0 Å². The second-order valence-corrected chi connectivity index (χ2v) is 5.76. The number of unbranched alkanes of at least 4 members (excludes halogenated alkanes) is 3. The van der Waals surface area contributed by atoms with Crippen molar-refractivity contribution < 1.29 is 9.59 Å². The molecule has 1 aromatic carbocycles. The summed E-state index contributed by atoms with van der Waals surface area (Å²) in [5.41, 5.74) is 6.52. The molecule has 0 saturated carbocycles. The summed E-state index contributed by atoms with van der Waals surface area (Å²) in [6.07, 6.45) is 4.83. The summed E-state index contributed by atoms with van der Waals surface area (Å²) in [5, 5.41) is 8.99. The third-order valence-electron chi connectivity index (χ3n) is 3.65. The van der Waals surface area contributed by atoms with E-state index in [1.165, 1.54) is 19.3 Å². The molecule has 0 heterocycles. The Morgan fingerprint density at radius 2 is 1.73 bits per heavy atom. The number of halogens is 1. The molecule has 5 N–H and O–H groups in total. The molecule has 26 heavy (non-hydrogen) atoms. The first-order valence-electron chi connectivity index (χ1n) is 8.66. The largest absolute Gasteiger partial charge is 0.368 e. The maximum atomic E-state index is 11.8. The van der Waals surface area contributed by atoms with Crippen molar-refractivity contribution >= 4 is 41.8 Å². The molecule has 0 aliphatic heterocycles. The summed E-state index contributed by atoms with van der Waals surface area (Å²) in [5.74, 6) is -0.120. The quantitative estimate of drug-likeness (QED) is 0.179. The molecular formula is C18H30IN5O2. The third-order valence-corrected chi connectivity index (χ3v) is 3.65. The molecule has 146 valence electrons. The Hall–Kier alpha value is -1.84. The topological polar surface area (TPSA) is 109 Å². The lowest BCUT2D eigenvalue weighted by Gasteiger charge is -2.12.